The number of benzene rings is 4. The van der Waals surface area contributed by atoms with Crippen LogP contribution in [0.4, 0.5) is 0 Å². The van der Waals surface area contributed by atoms with Crippen LogP contribution in [0, 0.1) is 6.92 Å². The van der Waals surface area contributed by atoms with Gasteiger partial charge in [0.1, 0.15) is 4.90 Å². The van der Waals surface area contributed by atoms with Gasteiger partial charge in [-0.1, -0.05) is 54.1 Å². The molecule has 0 heterocycles. The zero-order valence-electron chi connectivity index (χ0n) is 18.6. The summed E-state index contributed by atoms with van der Waals surface area (Å²) in [7, 11) is -2.65. The molecule has 0 unspecified atom stereocenters. The average molecular weight is 475 g/mol. The van der Waals surface area contributed by atoms with Crippen molar-refractivity contribution in [1.82, 2.24) is 5.43 Å². The van der Waals surface area contributed by atoms with Gasteiger partial charge in [0, 0.05) is 5.56 Å². The maximum absolute atomic E-state index is 12.7. The number of carbonyl (C=O) groups excluding carboxylic acids is 1. The molecule has 1 amide bonds. The van der Waals surface area contributed by atoms with E-state index >= 15 is 0 Å². The zero-order chi connectivity index (χ0) is 24.1. The van der Waals surface area contributed by atoms with Crippen LogP contribution in [-0.2, 0) is 10.1 Å². The molecule has 4 aromatic carbocycles. The summed E-state index contributed by atoms with van der Waals surface area (Å²) in [6.45, 7) is 1.86. The molecule has 0 spiro atoms. The third-order valence-electron chi connectivity index (χ3n) is 5.11. The first-order chi connectivity index (χ1) is 16.4. The van der Waals surface area contributed by atoms with Crippen molar-refractivity contribution in [3.05, 3.63) is 102 Å². The van der Waals surface area contributed by atoms with E-state index < -0.39 is 10.1 Å². The lowest BCUT2D eigenvalue weighted by molar-refractivity contribution is 0.0956. The fourth-order valence-corrected chi connectivity index (χ4v) is 4.29. The van der Waals surface area contributed by atoms with Crippen LogP contribution in [-0.4, -0.2) is 27.6 Å². The maximum Gasteiger partial charge on any atom is 0.339 e. The lowest BCUT2D eigenvalue weighted by Crippen LogP contribution is -2.18. The van der Waals surface area contributed by atoms with Crippen molar-refractivity contribution in [3.8, 4) is 11.5 Å². The van der Waals surface area contributed by atoms with Crippen LogP contribution in [0.25, 0.3) is 10.8 Å². The minimum absolute atomic E-state index is 0.00686. The second-order valence-corrected chi connectivity index (χ2v) is 9.03. The molecular weight excluding hydrogens is 452 g/mol. The highest BCUT2D eigenvalue weighted by Crippen LogP contribution is 2.30. The van der Waals surface area contributed by atoms with Gasteiger partial charge >= 0.3 is 10.1 Å². The first-order valence-corrected chi connectivity index (χ1v) is 11.8. The molecule has 0 fully saturated rings. The van der Waals surface area contributed by atoms with Crippen molar-refractivity contribution >= 4 is 33.0 Å². The number of methoxy groups -OCH3 is 1. The number of hydrogen-bond acceptors (Lipinski definition) is 6. The molecule has 8 heteroatoms. The van der Waals surface area contributed by atoms with Crippen LogP contribution < -0.4 is 14.3 Å². The summed E-state index contributed by atoms with van der Waals surface area (Å²) >= 11 is 0. The van der Waals surface area contributed by atoms with E-state index in [0.717, 1.165) is 16.3 Å². The van der Waals surface area contributed by atoms with Crippen LogP contribution in [0.2, 0.25) is 0 Å². The van der Waals surface area contributed by atoms with E-state index in [4.69, 9.17) is 8.92 Å². The smallest absolute Gasteiger partial charge is 0.339 e. The van der Waals surface area contributed by atoms with Crippen molar-refractivity contribution in [2.24, 2.45) is 5.10 Å². The van der Waals surface area contributed by atoms with Crippen LogP contribution in [0.15, 0.2) is 94.9 Å². The molecule has 0 aromatic heterocycles. The number of hydrazone groups is 1. The van der Waals surface area contributed by atoms with E-state index in [1.807, 2.05) is 43.3 Å². The number of carbonyl (C=O) groups is 1. The van der Waals surface area contributed by atoms with Crippen LogP contribution in [0.1, 0.15) is 21.5 Å². The van der Waals surface area contributed by atoms with Crippen molar-refractivity contribution < 1.29 is 22.1 Å². The van der Waals surface area contributed by atoms with Gasteiger partial charge in [-0.3, -0.25) is 4.79 Å². The Kier molecular flexibility index (Phi) is 6.60. The molecule has 0 radical (unpaired) electrons. The molecule has 0 atom stereocenters. The van der Waals surface area contributed by atoms with Crippen molar-refractivity contribution in [3.63, 3.8) is 0 Å². The number of nitrogens with zero attached hydrogens (tertiary/aromatic N) is 1. The molecule has 7 nitrogen and oxygen atoms in total. The van der Waals surface area contributed by atoms with Crippen LogP contribution in [0.3, 0.4) is 0 Å². The highest BCUT2D eigenvalue weighted by molar-refractivity contribution is 7.87. The standard InChI is InChI=1S/C26H22N2O5S/c1-18-10-13-21(14-11-18)34(30,31)33-25-16-19(12-15-24(25)32-2)17-27-28-26(29)23-9-5-7-20-6-3-4-8-22(20)23/h3-17H,1-2H3,(H,28,29)/b27-17-. The lowest BCUT2D eigenvalue weighted by atomic mass is 10.0. The average Bonchev–Trinajstić information content (AvgIpc) is 2.84. The molecule has 172 valence electrons. The van der Waals surface area contributed by atoms with E-state index in [0.29, 0.717) is 11.1 Å². The molecule has 4 aromatic rings. The number of rotatable bonds is 7. The number of amides is 1. The molecule has 0 bridgehead atoms. The van der Waals surface area contributed by atoms with Gasteiger partial charge in [-0.25, -0.2) is 5.43 Å². The normalized spacial score (nSPS) is 11.5. The van der Waals surface area contributed by atoms with Crippen molar-refractivity contribution in [1.29, 1.82) is 0 Å². The SMILES string of the molecule is COc1ccc(/C=N\NC(=O)c2cccc3ccccc23)cc1OS(=O)(=O)c1ccc(C)cc1. The third-order valence-corrected chi connectivity index (χ3v) is 6.36. The first kappa shape index (κ1) is 23.0. The van der Waals surface area contributed by atoms with Gasteiger partial charge in [0.05, 0.1) is 13.3 Å². The summed E-state index contributed by atoms with van der Waals surface area (Å²) in [6.07, 6.45) is 1.40. The topological polar surface area (TPSA) is 94.1 Å². The lowest BCUT2D eigenvalue weighted by Gasteiger charge is -2.11. The fraction of sp³-hybridized carbons (Fsp3) is 0.0769. The number of aryl methyl sites for hydroxylation is 1. The Hall–Kier alpha value is -4.17. The zero-order valence-corrected chi connectivity index (χ0v) is 19.4. The summed E-state index contributed by atoms with van der Waals surface area (Å²) in [4.78, 5) is 12.7. The fourth-order valence-electron chi connectivity index (χ4n) is 3.36. The predicted molar refractivity (Wildman–Crippen MR) is 131 cm³/mol. The quantitative estimate of drug-likeness (QED) is 0.238. The molecule has 0 aliphatic rings. The van der Waals surface area contributed by atoms with E-state index in [1.165, 1.54) is 31.5 Å². The van der Waals surface area contributed by atoms with Crippen molar-refractivity contribution in [2.75, 3.05) is 7.11 Å². The van der Waals surface area contributed by atoms with Gasteiger partial charge in [0.25, 0.3) is 5.91 Å². The highest BCUT2D eigenvalue weighted by atomic mass is 32.2. The van der Waals surface area contributed by atoms with E-state index in [-0.39, 0.29) is 22.3 Å². The minimum Gasteiger partial charge on any atom is -0.493 e. The molecule has 0 aliphatic carbocycles. The van der Waals surface area contributed by atoms with Gasteiger partial charge in [-0.15, -0.1) is 0 Å². The Morgan fingerprint density at radius 3 is 2.41 bits per heavy atom. The Morgan fingerprint density at radius 1 is 0.912 bits per heavy atom. The van der Waals surface area contributed by atoms with Gasteiger partial charge < -0.3 is 8.92 Å². The number of nitrogens with one attached hydrogen (secondary N) is 1. The number of fused-ring (bicyclic) bond motifs is 1. The van der Waals surface area contributed by atoms with Crippen molar-refractivity contribution in [2.45, 2.75) is 11.8 Å². The maximum atomic E-state index is 12.7. The second-order valence-electron chi connectivity index (χ2n) is 7.49. The molecule has 34 heavy (non-hydrogen) atoms. The summed E-state index contributed by atoms with van der Waals surface area (Å²) in [5.41, 5.74) is 4.44. The molecule has 0 saturated heterocycles. The predicted octanol–water partition coefficient (Wildman–Crippen LogP) is 4.69. The Balaban J connectivity index is 1.53. The third kappa shape index (κ3) is 5.07. The second kappa shape index (κ2) is 9.76. The summed E-state index contributed by atoms with van der Waals surface area (Å²) in [5, 5.41) is 5.78. The minimum atomic E-state index is -4.06. The van der Waals surface area contributed by atoms with Gasteiger partial charge in [0.15, 0.2) is 11.5 Å². The van der Waals surface area contributed by atoms with Gasteiger partial charge in [0.2, 0.25) is 0 Å². The van der Waals surface area contributed by atoms with E-state index in [1.54, 1.807) is 30.3 Å². The molecule has 0 saturated carbocycles. The summed E-state index contributed by atoms with van der Waals surface area (Å²) in [6, 6.07) is 24.1. The van der Waals surface area contributed by atoms with Gasteiger partial charge in [-0.2, -0.15) is 13.5 Å². The van der Waals surface area contributed by atoms with Gasteiger partial charge in [-0.05, 0) is 59.7 Å². The number of hydrogen-bond donors (Lipinski definition) is 1. The summed E-state index contributed by atoms with van der Waals surface area (Å²) < 4.78 is 36.0. The Labute approximate surface area is 197 Å². The monoisotopic (exact) mass is 474 g/mol. The van der Waals surface area contributed by atoms with Crippen LogP contribution in [0.5, 0.6) is 11.5 Å². The first-order valence-electron chi connectivity index (χ1n) is 10.4. The number of ether oxygens (including phenoxy) is 1. The highest BCUT2D eigenvalue weighted by Gasteiger charge is 2.19. The molecule has 1 N–H and O–H groups in total. The Bertz CT molecular complexity index is 1470. The summed E-state index contributed by atoms with van der Waals surface area (Å²) in [5.74, 6) is -0.111. The molecular formula is C26H22N2O5S. The molecule has 4 rings (SSSR count). The van der Waals surface area contributed by atoms with Crippen LogP contribution >= 0.6 is 0 Å². The van der Waals surface area contributed by atoms with E-state index in [9.17, 15) is 13.2 Å². The molecule has 0 aliphatic heterocycles. The largest absolute Gasteiger partial charge is 0.493 e. The van der Waals surface area contributed by atoms with E-state index in [2.05, 4.69) is 10.5 Å². The Morgan fingerprint density at radius 2 is 1.65 bits per heavy atom.